The number of hydrogen-bond acceptors (Lipinski definition) is 4. The van der Waals surface area contributed by atoms with Crippen LogP contribution in [0.4, 0.5) is 0 Å². The van der Waals surface area contributed by atoms with Crippen LogP contribution in [0, 0.1) is 0 Å². The lowest BCUT2D eigenvalue weighted by atomic mass is 10.3. The topological polar surface area (TPSA) is 54.5 Å². The summed E-state index contributed by atoms with van der Waals surface area (Å²) in [6.45, 7) is -0.172. The number of halogens is 1. The largest absolute Gasteiger partial charge is 0.291 e. The molecule has 0 spiro atoms. The van der Waals surface area contributed by atoms with Crippen LogP contribution >= 0.6 is 22.9 Å². The number of ketones is 1. The summed E-state index contributed by atoms with van der Waals surface area (Å²) in [6.07, 6.45) is 0.411. The number of rotatable bonds is 3. The maximum absolute atomic E-state index is 11.7. The standard InChI is InChI=1S/C10H8ClNO3S/c11-8-2-1-7(16-8)6(13)5-12-9(14)3-4-10(12)15/h1-2H,3-5H2. The lowest BCUT2D eigenvalue weighted by Crippen LogP contribution is -2.34. The maximum atomic E-state index is 11.7. The van der Waals surface area contributed by atoms with Crippen LogP contribution in [0.3, 0.4) is 0 Å². The molecule has 16 heavy (non-hydrogen) atoms. The molecule has 84 valence electrons. The molecule has 0 aromatic carbocycles. The highest BCUT2D eigenvalue weighted by Gasteiger charge is 2.30. The van der Waals surface area contributed by atoms with E-state index >= 15 is 0 Å². The Morgan fingerprint density at radius 3 is 2.44 bits per heavy atom. The second-order valence-electron chi connectivity index (χ2n) is 3.40. The molecular weight excluding hydrogens is 250 g/mol. The lowest BCUT2D eigenvalue weighted by Gasteiger charge is -2.11. The Morgan fingerprint density at radius 1 is 1.31 bits per heavy atom. The zero-order valence-corrected chi connectivity index (χ0v) is 9.81. The van der Waals surface area contributed by atoms with Gasteiger partial charge in [0.25, 0.3) is 0 Å². The Bertz CT molecular complexity index is 452. The normalized spacial score (nSPS) is 15.9. The Kier molecular flexibility index (Phi) is 3.07. The van der Waals surface area contributed by atoms with Gasteiger partial charge in [0, 0.05) is 12.8 Å². The van der Waals surface area contributed by atoms with Gasteiger partial charge in [-0.3, -0.25) is 19.3 Å². The van der Waals surface area contributed by atoms with E-state index in [1.807, 2.05) is 0 Å². The van der Waals surface area contributed by atoms with Crippen LogP contribution in [0.5, 0.6) is 0 Å². The van der Waals surface area contributed by atoms with Crippen molar-refractivity contribution in [3.63, 3.8) is 0 Å². The molecule has 1 fully saturated rings. The number of hydrogen-bond donors (Lipinski definition) is 0. The number of likely N-dealkylation sites (tertiary alicyclic amines) is 1. The van der Waals surface area contributed by atoms with Gasteiger partial charge in [0.2, 0.25) is 11.8 Å². The first-order valence-corrected chi connectivity index (χ1v) is 5.89. The zero-order valence-electron chi connectivity index (χ0n) is 8.23. The summed E-state index contributed by atoms with van der Waals surface area (Å²) in [7, 11) is 0. The van der Waals surface area contributed by atoms with Crippen LogP contribution < -0.4 is 0 Å². The number of amides is 2. The molecule has 1 aliphatic heterocycles. The molecule has 0 saturated carbocycles. The minimum atomic E-state index is -0.277. The summed E-state index contributed by atoms with van der Waals surface area (Å²) in [5.74, 6) is -0.803. The van der Waals surface area contributed by atoms with Gasteiger partial charge >= 0.3 is 0 Å². The van der Waals surface area contributed by atoms with Crippen molar-refractivity contribution in [1.29, 1.82) is 0 Å². The summed E-state index contributed by atoms with van der Waals surface area (Å²) in [6, 6.07) is 3.22. The fraction of sp³-hybridized carbons (Fsp3) is 0.300. The van der Waals surface area contributed by atoms with Crippen LogP contribution in [0.25, 0.3) is 0 Å². The van der Waals surface area contributed by atoms with Gasteiger partial charge in [-0.2, -0.15) is 0 Å². The summed E-state index contributed by atoms with van der Waals surface area (Å²) in [4.78, 5) is 35.8. The molecule has 0 unspecified atom stereocenters. The summed E-state index contributed by atoms with van der Waals surface area (Å²) in [5.41, 5.74) is 0. The van der Waals surface area contributed by atoms with Gasteiger partial charge < -0.3 is 0 Å². The minimum absolute atomic E-state index is 0.172. The Morgan fingerprint density at radius 2 is 1.94 bits per heavy atom. The number of thiophene rings is 1. The Hall–Kier alpha value is -1.20. The van der Waals surface area contributed by atoms with E-state index in [1.165, 1.54) is 0 Å². The first kappa shape index (κ1) is 11.3. The first-order valence-electron chi connectivity index (χ1n) is 4.69. The van der Waals surface area contributed by atoms with E-state index in [2.05, 4.69) is 0 Å². The van der Waals surface area contributed by atoms with E-state index in [0.717, 1.165) is 16.2 Å². The molecule has 0 atom stereocenters. The fourth-order valence-corrected chi connectivity index (χ4v) is 2.46. The number of carbonyl (C=O) groups is 3. The van der Waals surface area contributed by atoms with Crippen molar-refractivity contribution in [1.82, 2.24) is 4.90 Å². The number of carbonyl (C=O) groups excluding carboxylic acids is 3. The van der Waals surface area contributed by atoms with E-state index in [0.29, 0.717) is 9.21 Å². The zero-order chi connectivity index (χ0) is 11.7. The smallest absolute Gasteiger partial charge is 0.230 e. The Labute approximate surface area is 101 Å². The quantitative estimate of drug-likeness (QED) is 0.612. The molecule has 1 aromatic heterocycles. The van der Waals surface area contributed by atoms with E-state index in [4.69, 9.17) is 11.6 Å². The third-order valence-corrected chi connectivity index (χ3v) is 3.58. The molecule has 2 heterocycles. The third-order valence-electron chi connectivity index (χ3n) is 2.30. The van der Waals surface area contributed by atoms with Crippen molar-refractivity contribution < 1.29 is 14.4 Å². The van der Waals surface area contributed by atoms with Gasteiger partial charge in [0.15, 0.2) is 5.78 Å². The summed E-state index contributed by atoms with van der Waals surface area (Å²) in [5, 5.41) is 0. The molecule has 1 aromatic rings. The molecule has 1 saturated heterocycles. The van der Waals surface area contributed by atoms with E-state index in [9.17, 15) is 14.4 Å². The molecule has 4 nitrogen and oxygen atoms in total. The van der Waals surface area contributed by atoms with Gasteiger partial charge in [-0.05, 0) is 12.1 Å². The third kappa shape index (κ3) is 2.15. The van der Waals surface area contributed by atoms with Gasteiger partial charge in [-0.25, -0.2) is 0 Å². The maximum Gasteiger partial charge on any atom is 0.230 e. The minimum Gasteiger partial charge on any atom is -0.291 e. The Balaban J connectivity index is 2.08. The van der Waals surface area contributed by atoms with Crippen molar-refractivity contribution in [3.8, 4) is 0 Å². The molecule has 6 heteroatoms. The van der Waals surface area contributed by atoms with Crippen LogP contribution in [0.2, 0.25) is 4.34 Å². The molecule has 0 N–H and O–H groups in total. The summed E-state index contributed by atoms with van der Waals surface area (Å²) >= 11 is 6.85. The molecular formula is C10H8ClNO3S. The van der Waals surface area contributed by atoms with Crippen molar-refractivity contribution in [2.45, 2.75) is 12.8 Å². The van der Waals surface area contributed by atoms with Crippen LogP contribution in [-0.2, 0) is 9.59 Å². The van der Waals surface area contributed by atoms with Crippen LogP contribution in [0.1, 0.15) is 22.5 Å². The van der Waals surface area contributed by atoms with Crippen molar-refractivity contribution in [3.05, 3.63) is 21.3 Å². The highest BCUT2D eigenvalue weighted by atomic mass is 35.5. The van der Waals surface area contributed by atoms with E-state index in [-0.39, 0.29) is 37.0 Å². The monoisotopic (exact) mass is 257 g/mol. The summed E-state index contributed by atoms with van der Waals surface area (Å²) < 4.78 is 0.516. The predicted molar refractivity (Wildman–Crippen MR) is 59.6 cm³/mol. The molecule has 0 bridgehead atoms. The molecule has 0 radical (unpaired) electrons. The fourth-order valence-electron chi connectivity index (χ4n) is 1.48. The average molecular weight is 258 g/mol. The number of imide groups is 1. The molecule has 2 rings (SSSR count). The molecule has 1 aliphatic rings. The highest BCUT2D eigenvalue weighted by molar-refractivity contribution is 7.18. The second-order valence-corrected chi connectivity index (χ2v) is 5.12. The van der Waals surface area contributed by atoms with Gasteiger partial charge in [0.1, 0.15) is 0 Å². The first-order chi connectivity index (χ1) is 7.58. The number of nitrogens with zero attached hydrogens (tertiary/aromatic N) is 1. The van der Waals surface area contributed by atoms with E-state index < -0.39 is 0 Å². The molecule has 2 amide bonds. The SMILES string of the molecule is O=C(CN1C(=O)CCC1=O)c1ccc(Cl)s1. The van der Waals surface area contributed by atoms with Crippen LogP contribution in [0.15, 0.2) is 12.1 Å². The van der Waals surface area contributed by atoms with Crippen molar-refractivity contribution in [2.75, 3.05) is 6.54 Å². The average Bonchev–Trinajstić information content (AvgIpc) is 2.79. The lowest BCUT2D eigenvalue weighted by molar-refractivity contribution is -0.137. The number of Topliss-reactive ketones (excluding diaryl/α,β-unsaturated/α-hetero) is 1. The molecule has 0 aliphatic carbocycles. The van der Waals surface area contributed by atoms with Gasteiger partial charge in [-0.1, -0.05) is 11.6 Å². The van der Waals surface area contributed by atoms with Gasteiger partial charge in [-0.15, -0.1) is 11.3 Å². The van der Waals surface area contributed by atoms with Crippen molar-refractivity contribution in [2.24, 2.45) is 0 Å². The van der Waals surface area contributed by atoms with Gasteiger partial charge in [0.05, 0.1) is 15.8 Å². The highest BCUT2D eigenvalue weighted by Crippen LogP contribution is 2.22. The van der Waals surface area contributed by atoms with E-state index in [1.54, 1.807) is 12.1 Å². The van der Waals surface area contributed by atoms with Crippen molar-refractivity contribution >= 4 is 40.5 Å². The predicted octanol–water partition coefficient (Wildman–Crippen LogP) is 1.73. The van der Waals surface area contributed by atoms with Crippen LogP contribution in [-0.4, -0.2) is 29.0 Å². The second kappa shape index (κ2) is 4.35.